The molecule has 11 nitrogen and oxygen atoms in total. The van der Waals surface area contributed by atoms with Gasteiger partial charge in [-0.25, -0.2) is 19.4 Å². The van der Waals surface area contributed by atoms with Crippen LogP contribution in [0.15, 0.2) is 12.1 Å². The number of fused-ring (bicyclic) bond motifs is 3. The summed E-state index contributed by atoms with van der Waals surface area (Å²) in [5.74, 6) is -8.93. The van der Waals surface area contributed by atoms with Gasteiger partial charge in [0.1, 0.15) is 17.2 Å². The lowest BCUT2D eigenvalue weighted by atomic mass is 9.85. The molecule has 26 heavy (non-hydrogen) atoms. The van der Waals surface area contributed by atoms with Gasteiger partial charge >= 0.3 is 17.9 Å². The number of aromatic amines is 1. The Bertz CT molecular complexity index is 1010. The summed E-state index contributed by atoms with van der Waals surface area (Å²) in [6.07, 6.45) is 0. The van der Waals surface area contributed by atoms with Gasteiger partial charge in [0.15, 0.2) is 5.78 Å². The maximum atomic E-state index is 13.0. The molecule has 3 rings (SSSR count). The number of ketones is 1. The van der Waals surface area contributed by atoms with Crippen LogP contribution in [-0.2, 0) is 10.5 Å². The Morgan fingerprint density at radius 1 is 1.15 bits per heavy atom. The predicted molar refractivity (Wildman–Crippen MR) is 77.9 cm³/mol. The van der Waals surface area contributed by atoms with E-state index in [1.807, 2.05) is 0 Å². The standard InChI is InChI=1S/C15H9N2O9/c1-26-15(25)10-8(4(12(19)20)2-7(17-10)14(23)24)9-5(11(15)18)3-6(16-9)13(21)22/h2-3,16H,1H3,(H,19,20)(H,21,22)(H,23,24)/q-1. The van der Waals surface area contributed by atoms with E-state index in [0.29, 0.717) is 6.07 Å². The van der Waals surface area contributed by atoms with Gasteiger partial charge in [-0.2, -0.15) is 0 Å². The smallest absolute Gasteiger partial charge is 0.354 e. The second-order valence-electron chi connectivity index (χ2n) is 5.32. The van der Waals surface area contributed by atoms with E-state index in [-0.39, 0.29) is 11.3 Å². The monoisotopic (exact) mass is 361 g/mol. The molecule has 0 fully saturated rings. The van der Waals surface area contributed by atoms with E-state index in [1.165, 1.54) is 0 Å². The van der Waals surface area contributed by atoms with Crippen LogP contribution >= 0.6 is 0 Å². The molecule has 0 radical (unpaired) electrons. The summed E-state index contributed by atoms with van der Waals surface area (Å²) in [6.45, 7) is 0. The molecule has 1 aliphatic carbocycles. The zero-order valence-electron chi connectivity index (χ0n) is 12.9. The predicted octanol–water partition coefficient (Wildman–Crippen LogP) is -0.473. The fraction of sp³-hybridized carbons (Fsp3) is 0.133. The summed E-state index contributed by atoms with van der Waals surface area (Å²) in [5.41, 5.74) is -3.70. The number of nitrogens with zero attached hydrogens (tertiary/aromatic N) is 1. The van der Waals surface area contributed by atoms with E-state index in [2.05, 4.69) is 9.97 Å². The summed E-state index contributed by atoms with van der Waals surface area (Å²) in [5, 5.41) is 40.6. The first-order valence-electron chi connectivity index (χ1n) is 6.91. The molecule has 0 aliphatic heterocycles. The molecule has 2 aromatic rings. The van der Waals surface area contributed by atoms with Crippen molar-refractivity contribution in [3.63, 3.8) is 0 Å². The van der Waals surface area contributed by atoms with Crippen molar-refractivity contribution in [1.29, 1.82) is 0 Å². The molecule has 0 spiro atoms. The molecular weight excluding hydrogens is 352 g/mol. The number of hydrogen-bond donors (Lipinski definition) is 4. The maximum absolute atomic E-state index is 13.0. The van der Waals surface area contributed by atoms with Gasteiger partial charge in [0, 0.05) is 18.2 Å². The molecule has 134 valence electrons. The lowest BCUT2D eigenvalue weighted by Crippen LogP contribution is -2.53. The average molecular weight is 361 g/mol. The number of carbonyl (C=O) groups excluding carboxylic acids is 1. The van der Waals surface area contributed by atoms with Crippen molar-refractivity contribution in [2.24, 2.45) is 0 Å². The number of hydrogen-bond acceptors (Lipinski definition) is 7. The summed E-state index contributed by atoms with van der Waals surface area (Å²) < 4.78 is 4.70. The minimum atomic E-state index is -3.03. The molecule has 0 amide bonds. The van der Waals surface area contributed by atoms with Gasteiger partial charge in [-0.05, 0) is 12.1 Å². The highest BCUT2D eigenvalue weighted by molar-refractivity contribution is 6.14. The zero-order valence-corrected chi connectivity index (χ0v) is 12.9. The van der Waals surface area contributed by atoms with Crippen LogP contribution in [0.25, 0.3) is 11.3 Å². The van der Waals surface area contributed by atoms with Crippen molar-refractivity contribution in [3.05, 3.63) is 40.3 Å². The number of H-pyrrole nitrogens is 1. The van der Waals surface area contributed by atoms with Gasteiger partial charge in [0.2, 0.25) is 0 Å². The van der Waals surface area contributed by atoms with Gasteiger partial charge in [-0.1, -0.05) is 0 Å². The first kappa shape index (κ1) is 17.3. The van der Waals surface area contributed by atoms with E-state index in [0.717, 1.165) is 13.2 Å². The molecule has 1 atom stereocenters. The highest BCUT2D eigenvalue weighted by Gasteiger charge is 2.43. The van der Waals surface area contributed by atoms with Crippen molar-refractivity contribution < 1.29 is 44.3 Å². The lowest BCUT2D eigenvalue weighted by Gasteiger charge is -2.40. The van der Waals surface area contributed by atoms with Crippen molar-refractivity contribution >= 4 is 23.7 Å². The van der Waals surface area contributed by atoms with Crippen LogP contribution in [0.5, 0.6) is 0 Å². The molecule has 1 unspecified atom stereocenters. The zero-order chi connectivity index (χ0) is 19.4. The Morgan fingerprint density at radius 2 is 1.81 bits per heavy atom. The number of Topliss-reactive ketones (excluding diaryl/α,β-unsaturated/α-hetero) is 1. The average Bonchev–Trinajstić information content (AvgIpc) is 3.03. The third-order valence-corrected chi connectivity index (χ3v) is 3.91. The topological polar surface area (TPSA) is 190 Å². The summed E-state index contributed by atoms with van der Waals surface area (Å²) in [6, 6.07) is 1.59. The quantitative estimate of drug-likeness (QED) is 0.518. The number of methoxy groups -OCH3 is 1. The Labute approximate surface area is 143 Å². The number of nitrogens with one attached hydrogen (secondary N) is 1. The van der Waals surface area contributed by atoms with Crippen molar-refractivity contribution in [2.45, 2.75) is 5.79 Å². The first-order valence-corrected chi connectivity index (χ1v) is 6.91. The molecule has 4 N–H and O–H groups in total. The van der Waals surface area contributed by atoms with Gasteiger partial charge in [0.05, 0.1) is 17.0 Å². The van der Waals surface area contributed by atoms with Crippen LogP contribution in [0, 0.1) is 0 Å². The first-order chi connectivity index (χ1) is 12.1. The molecule has 1 aliphatic rings. The Kier molecular flexibility index (Phi) is 3.63. The van der Waals surface area contributed by atoms with Crippen LogP contribution in [0.2, 0.25) is 0 Å². The van der Waals surface area contributed by atoms with E-state index < -0.39 is 57.7 Å². The van der Waals surface area contributed by atoms with Crippen LogP contribution in [0.3, 0.4) is 0 Å². The molecule has 0 saturated heterocycles. The van der Waals surface area contributed by atoms with Crippen LogP contribution < -0.4 is 5.11 Å². The van der Waals surface area contributed by atoms with E-state index in [9.17, 15) is 29.4 Å². The number of rotatable bonds is 4. The number of pyridine rings is 1. The number of carbonyl (C=O) groups is 4. The molecule has 0 bridgehead atoms. The fourth-order valence-corrected chi connectivity index (χ4v) is 2.73. The largest absolute Gasteiger partial charge is 0.818 e. The summed E-state index contributed by atoms with van der Waals surface area (Å²) in [7, 11) is 0.875. The van der Waals surface area contributed by atoms with E-state index >= 15 is 0 Å². The fourth-order valence-electron chi connectivity index (χ4n) is 2.73. The van der Waals surface area contributed by atoms with Crippen LogP contribution in [0.1, 0.15) is 47.4 Å². The van der Waals surface area contributed by atoms with Crippen LogP contribution in [-0.4, -0.2) is 56.1 Å². The number of carboxylic acids is 3. The number of carboxylic acid groups (broad SMARTS) is 3. The third-order valence-electron chi connectivity index (χ3n) is 3.91. The Hall–Kier alpha value is -3.57. The lowest BCUT2D eigenvalue weighted by molar-refractivity contribution is -0.537. The molecule has 11 heteroatoms. The number of ether oxygens (including phenoxy) is 1. The molecule has 0 aromatic carbocycles. The summed E-state index contributed by atoms with van der Waals surface area (Å²) >= 11 is 0. The van der Waals surface area contributed by atoms with Crippen molar-refractivity contribution in [2.75, 3.05) is 7.11 Å². The highest BCUT2D eigenvalue weighted by atomic mass is 16.6. The van der Waals surface area contributed by atoms with Crippen molar-refractivity contribution in [1.82, 2.24) is 9.97 Å². The number of aromatic carboxylic acids is 3. The summed E-state index contributed by atoms with van der Waals surface area (Å²) in [4.78, 5) is 52.5. The SMILES string of the molecule is COC1([O-])C(=O)c2cc(C(=O)O)[nH]c2-c2c(C(=O)O)cc(C(=O)O)nc21. The second kappa shape index (κ2) is 5.47. The second-order valence-corrected chi connectivity index (χ2v) is 5.32. The van der Waals surface area contributed by atoms with Crippen molar-refractivity contribution in [3.8, 4) is 11.3 Å². The van der Waals surface area contributed by atoms with E-state index in [4.69, 9.17) is 14.9 Å². The van der Waals surface area contributed by atoms with Gasteiger partial charge in [0.25, 0.3) is 0 Å². The minimum absolute atomic E-state index is 0.257. The molecule has 2 aromatic heterocycles. The van der Waals surface area contributed by atoms with E-state index in [1.54, 1.807) is 0 Å². The molecule has 0 saturated carbocycles. The van der Waals surface area contributed by atoms with Crippen LogP contribution in [0.4, 0.5) is 0 Å². The van der Waals surface area contributed by atoms with Gasteiger partial charge in [-0.15, -0.1) is 0 Å². The van der Waals surface area contributed by atoms with Gasteiger partial charge in [-0.3, -0.25) is 4.79 Å². The Balaban J connectivity index is 2.49. The highest BCUT2D eigenvalue weighted by Crippen LogP contribution is 2.42. The molecular formula is C15H9N2O9-. The van der Waals surface area contributed by atoms with Gasteiger partial charge < -0.3 is 30.1 Å². The normalized spacial score (nSPS) is 18.2. The molecule has 2 heterocycles. The number of aromatic nitrogens is 2. The third kappa shape index (κ3) is 2.18. The Morgan fingerprint density at radius 3 is 2.31 bits per heavy atom. The maximum Gasteiger partial charge on any atom is 0.354 e. The minimum Gasteiger partial charge on any atom is -0.818 e.